The minimum atomic E-state index is -1.10. The number of aliphatic imine (C=N–C) groups is 1. The summed E-state index contributed by atoms with van der Waals surface area (Å²) < 4.78 is 0. The Morgan fingerprint density at radius 3 is 2.00 bits per heavy atom. The Balaban J connectivity index is 2.06. The fourth-order valence-corrected chi connectivity index (χ4v) is 4.06. The molecule has 3 amide bonds. The summed E-state index contributed by atoms with van der Waals surface area (Å²) in [6.07, 6.45) is 1.04. The van der Waals surface area contributed by atoms with Crippen LogP contribution in [0.1, 0.15) is 60.5 Å². The zero-order valence-corrected chi connectivity index (χ0v) is 23.0. The number of nitrogens with zero attached hydrogens (tertiary/aromatic N) is 1. The lowest BCUT2D eigenvalue weighted by molar-refractivity contribution is -0.137. The van der Waals surface area contributed by atoms with Gasteiger partial charge < -0.3 is 32.9 Å². The first-order chi connectivity index (χ1) is 19.5. The van der Waals surface area contributed by atoms with E-state index in [0.717, 1.165) is 0 Å². The Hall–Kier alpha value is -4.74. The summed E-state index contributed by atoms with van der Waals surface area (Å²) in [6.45, 7) is 2.04. The number of primary amides is 1. The van der Waals surface area contributed by atoms with Crippen LogP contribution in [-0.2, 0) is 25.6 Å². The van der Waals surface area contributed by atoms with Gasteiger partial charge in [0, 0.05) is 36.4 Å². The van der Waals surface area contributed by atoms with Crippen molar-refractivity contribution in [2.75, 3.05) is 6.54 Å². The molecule has 2 aromatic carbocycles. The first kappa shape index (κ1) is 32.5. The Bertz CT molecular complexity index is 1230. The minimum Gasteiger partial charge on any atom is -0.481 e. The highest BCUT2D eigenvalue weighted by molar-refractivity contribution is 6.09. The molecular formula is C29H38N6O6. The van der Waals surface area contributed by atoms with Gasteiger partial charge in [0.2, 0.25) is 17.7 Å². The van der Waals surface area contributed by atoms with Crippen LogP contribution < -0.4 is 27.8 Å². The molecule has 220 valence electrons. The number of ketones is 1. The number of rotatable bonds is 17. The van der Waals surface area contributed by atoms with Crippen molar-refractivity contribution in [3.8, 4) is 0 Å². The third kappa shape index (κ3) is 11.5. The van der Waals surface area contributed by atoms with Crippen molar-refractivity contribution in [2.45, 2.75) is 57.5 Å². The molecule has 0 bridgehead atoms. The zero-order valence-electron chi connectivity index (χ0n) is 23.0. The van der Waals surface area contributed by atoms with Gasteiger partial charge in [0.1, 0.15) is 12.1 Å². The second-order valence-electron chi connectivity index (χ2n) is 9.76. The molecular weight excluding hydrogens is 528 g/mol. The van der Waals surface area contributed by atoms with Crippen LogP contribution in [0.2, 0.25) is 0 Å². The number of carbonyl (C=O) groups is 5. The molecule has 0 saturated carbocycles. The summed E-state index contributed by atoms with van der Waals surface area (Å²) in [5, 5.41) is 14.2. The number of hydrogen-bond donors (Lipinski definition) is 6. The largest absolute Gasteiger partial charge is 0.481 e. The molecule has 12 heteroatoms. The van der Waals surface area contributed by atoms with E-state index in [4.69, 9.17) is 22.3 Å². The van der Waals surface area contributed by atoms with E-state index in [1.807, 2.05) is 6.07 Å². The standard InChI is InChI=1S/C29H38N6O6/c1-18(7-6-16-33-29(31)32)27(40)34-22(10-5-11-24(36)37)28(41)35-23(26(30)39)17-19-12-14-21(15-13-19)25(38)20-8-3-2-4-9-20/h2-4,8-9,12-15,18,22-23H,5-7,10-11,16-17H2,1H3,(H2,30,39)(H,34,40)(H,35,41)(H,36,37)(H4,31,32,33)/t18-,22-,23-/m0/s1. The molecule has 2 aromatic rings. The van der Waals surface area contributed by atoms with Crippen molar-refractivity contribution in [2.24, 2.45) is 28.1 Å². The number of nitrogens with two attached hydrogens (primary N) is 3. The van der Waals surface area contributed by atoms with Crippen LogP contribution in [-0.4, -0.2) is 59.2 Å². The second-order valence-corrected chi connectivity index (χ2v) is 9.76. The third-order valence-corrected chi connectivity index (χ3v) is 6.41. The third-order valence-electron chi connectivity index (χ3n) is 6.41. The lowest BCUT2D eigenvalue weighted by atomic mass is 9.99. The summed E-state index contributed by atoms with van der Waals surface area (Å²) in [5.74, 6) is -3.54. The van der Waals surface area contributed by atoms with E-state index in [2.05, 4.69) is 15.6 Å². The highest BCUT2D eigenvalue weighted by atomic mass is 16.4. The number of carbonyl (C=O) groups excluding carboxylic acids is 4. The van der Waals surface area contributed by atoms with Crippen LogP contribution >= 0.6 is 0 Å². The first-order valence-corrected chi connectivity index (χ1v) is 13.3. The van der Waals surface area contributed by atoms with Gasteiger partial charge in [-0.1, -0.05) is 61.5 Å². The van der Waals surface area contributed by atoms with Crippen LogP contribution in [0.5, 0.6) is 0 Å². The number of amides is 3. The molecule has 9 N–H and O–H groups in total. The van der Waals surface area contributed by atoms with Crippen molar-refractivity contribution < 1.29 is 29.1 Å². The highest BCUT2D eigenvalue weighted by Gasteiger charge is 2.27. The molecule has 0 spiro atoms. The summed E-state index contributed by atoms with van der Waals surface area (Å²) in [7, 11) is 0. The molecule has 0 aromatic heterocycles. The molecule has 2 rings (SSSR count). The van der Waals surface area contributed by atoms with Gasteiger partial charge in [0.25, 0.3) is 0 Å². The quantitative estimate of drug-likeness (QED) is 0.0696. The van der Waals surface area contributed by atoms with Crippen LogP contribution in [0.25, 0.3) is 0 Å². The average Bonchev–Trinajstić information content (AvgIpc) is 2.94. The smallest absolute Gasteiger partial charge is 0.303 e. The molecule has 0 aliphatic carbocycles. The maximum Gasteiger partial charge on any atom is 0.303 e. The average molecular weight is 567 g/mol. The zero-order chi connectivity index (χ0) is 30.4. The topological polar surface area (TPSA) is 220 Å². The number of hydrogen-bond acceptors (Lipinski definition) is 6. The van der Waals surface area contributed by atoms with E-state index >= 15 is 0 Å². The second kappa shape index (κ2) is 16.4. The van der Waals surface area contributed by atoms with E-state index in [0.29, 0.717) is 36.1 Å². The number of aliphatic carboxylic acids is 1. The van der Waals surface area contributed by atoms with Crippen molar-refractivity contribution >= 4 is 35.4 Å². The first-order valence-electron chi connectivity index (χ1n) is 13.3. The summed E-state index contributed by atoms with van der Waals surface area (Å²) in [5.41, 5.74) is 17.8. The van der Waals surface area contributed by atoms with Crippen LogP contribution in [0.4, 0.5) is 0 Å². The number of carboxylic acids is 1. The van der Waals surface area contributed by atoms with E-state index in [1.165, 1.54) is 0 Å². The van der Waals surface area contributed by atoms with Crippen LogP contribution in [0.15, 0.2) is 59.6 Å². The molecule has 0 aliphatic heterocycles. The maximum absolute atomic E-state index is 13.1. The Labute approximate surface area is 238 Å². The van der Waals surface area contributed by atoms with Gasteiger partial charge in [-0.3, -0.25) is 29.0 Å². The lowest BCUT2D eigenvalue weighted by Gasteiger charge is -2.23. The van der Waals surface area contributed by atoms with Gasteiger partial charge in [-0.25, -0.2) is 0 Å². The van der Waals surface area contributed by atoms with Gasteiger partial charge in [-0.05, 0) is 31.2 Å². The van der Waals surface area contributed by atoms with Crippen molar-refractivity contribution in [1.29, 1.82) is 0 Å². The Morgan fingerprint density at radius 1 is 0.805 bits per heavy atom. The molecule has 0 fully saturated rings. The number of benzene rings is 2. The molecule has 0 saturated heterocycles. The van der Waals surface area contributed by atoms with Crippen molar-refractivity contribution in [3.63, 3.8) is 0 Å². The fourth-order valence-electron chi connectivity index (χ4n) is 4.06. The van der Waals surface area contributed by atoms with Crippen molar-refractivity contribution in [1.82, 2.24) is 10.6 Å². The van der Waals surface area contributed by atoms with E-state index in [1.54, 1.807) is 55.5 Å². The fraction of sp³-hybridized carbons (Fsp3) is 0.379. The van der Waals surface area contributed by atoms with Crippen LogP contribution in [0.3, 0.4) is 0 Å². The molecule has 0 unspecified atom stereocenters. The maximum atomic E-state index is 13.1. The van der Waals surface area contributed by atoms with E-state index in [9.17, 15) is 24.0 Å². The molecule has 41 heavy (non-hydrogen) atoms. The van der Waals surface area contributed by atoms with Gasteiger partial charge in [-0.15, -0.1) is 0 Å². The number of guanidine groups is 1. The number of nitrogens with one attached hydrogen (secondary N) is 2. The van der Waals surface area contributed by atoms with Gasteiger partial charge in [0.05, 0.1) is 0 Å². The van der Waals surface area contributed by atoms with Gasteiger partial charge in [-0.2, -0.15) is 0 Å². The SMILES string of the molecule is C[C@@H](CCCN=C(N)N)C(=O)N[C@@H](CCCC(=O)O)C(=O)N[C@@H](Cc1ccc(C(=O)c2ccccc2)cc1)C(N)=O. The van der Waals surface area contributed by atoms with Gasteiger partial charge >= 0.3 is 5.97 Å². The summed E-state index contributed by atoms with van der Waals surface area (Å²) in [4.78, 5) is 65.7. The number of carboxylic acid groups (broad SMARTS) is 1. The minimum absolute atomic E-state index is 0.0436. The Morgan fingerprint density at radius 2 is 1.41 bits per heavy atom. The highest BCUT2D eigenvalue weighted by Crippen LogP contribution is 2.13. The Kier molecular flexibility index (Phi) is 13.0. The van der Waals surface area contributed by atoms with Crippen molar-refractivity contribution in [3.05, 3.63) is 71.3 Å². The van der Waals surface area contributed by atoms with E-state index < -0.39 is 41.7 Å². The van der Waals surface area contributed by atoms with E-state index in [-0.39, 0.29) is 37.4 Å². The summed E-state index contributed by atoms with van der Waals surface area (Å²) >= 11 is 0. The van der Waals surface area contributed by atoms with Crippen LogP contribution in [0, 0.1) is 5.92 Å². The molecule has 0 heterocycles. The predicted molar refractivity (Wildman–Crippen MR) is 154 cm³/mol. The summed E-state index contributed by atoms with van der Waals surface area (Å²) in [6, 6.07) is 13.2. The molecule has 3 atom stereocenters. The monoisotopic (exact) mass is 566 g/mol. The predicted octanol–water partition coefficient (Wildman–Crippen LogP) is 0.860. The molecule has 12 nitrogen and oxygen atoms in total. The lowest BCUT2D eigenvalue weighted by Crippen LogP contribution is -2.54. The van der Waals surface area contributed by atoms with Gasteiger partial charge in [0.15, 0.2) is 11.7 Å². The molecule has 0 radical (unpaired) electrons. The normalized spacial score (nSPS) is 12.8. The molecule has 0 aliphatic rings.